The SMILES string of the molecule is [C-]#[N+]C(C)(CC)C(=O)OC1OC(C(=O)OC)C(C)C(OC(C)=O)C1OC(C)=O. The Morgan fingerprint density at radius 1 is 1.07 bits per heavy atom. The Bertz CT molecular complexity index is 670. The first-order valence-electron chi connectivity index (χ1n) is 8.68. The average molecular weight is 399 g/mol. The summed E-state index contributed by atoms with van der Waals surface area (Å²) in [6, 6.07) is 0. The molecule has 0 spiro atoms. The van der Waals surface area contributed by atoms with Gasteiger partial charge < -0.3 is 23.7 Å². The van der Waals surface area contributed by atoms with E-state index in [2.05, 4.69) is 4.85 Å². The van der Waals surface area contributed by atoms with Gasteiger partial charge in [0.1, 0.15) is 0 Å². The van der Waals surface area contributed by atoms with Gasteiger partial charge in [0.2, 0.25) is 12.4 Å². The highest BCUT2D eigenvalue weighted by Gasteiger charge is 2.54. The highest BCUT2D eigenvalue weighted by molar-refractivity contribution is 5.82. The van der Waals surface area contributed by atoms with Crippen molar-refractivity contribution in [2.24, 2.45) is 5.92 Å². The number of methoxy groups -OCH3 is 1. The molecule has 0 aliphatic carbocycles. The third-order valence-electron chi connectivity index (χ3n) is 4.50. The van der Waals surface area contributed by atoms with E-state index in [1.807, 2.05) is 0 Å². The lowest BCUT2D eigenvalue weighted by atomic mass is 9.90. The molecule has 0 radical (unpaired) electrons. The van der Waals surface area contributed by atoms with Gasteiger partial charge in [0.15, 0.2) is 12.2 Å². The van der Waals surface area contributed by atoms with Crippen molar-refractivity contribution in [3.63, 3.8) is 0 Å². The minimum atomic E-state index is -1.58. The lowest BCUT2D eigenvalue weighted by molar-refractivity contribution is -0.282. The molecule has 0 aromatic carbocycles. The van der Waals surface area contributed by atoms with E-state index in [0.29, 0.717) is 0 Å². The molecule has 0 aromatic heterocycles. The van der Waals surface area contributed by atoms with Gasteiger partial charge in [-0.15, -0.1) is 0 Å². The Kier molecular flexibility index (Phi) is 7.93. The molecule has 0 bridgehead atoms. The molecule has 156 valence electrons. The number of nitrogens with zero attached hydrogens (tertiary/aromatic N) is 1. The zero-order chi connectivity index (χ0) is 21.6. The van der Waals surface area contributed by atoms with Crippen molar-refractivity contribution in [2.45, 2.75) is 71.2 Å². The van der Waals surface area contributed by atoms with Crippen LogP contribution in [-0.2, 0) is 42.9 Å². The summed E-state index contributed by atoms with van der Waals surface area (Å²) >= 11 is 0. The van der Waals surface area contributed by atoms with E-state index in [1.54, 1.807) is 13.8 Å². The zero-order valence-electron chi connectivity index (χ0n) is 16.7. The van der Waals surface area contributed by atoms with Gasteiger partial charge >= 0.3 is 29.4 Å². The maximum atomic E-state index is 12.5. The van der Waals surface area contributed by atoms with E-state index >= 15 is 0 Å². The summed E-state index contributed by atoms with van der Waals surface area (Å²) in [5, 5.41) is 0. The van der Waals surface area contributed by atoms with Crippen LogP contribution in [0.15, 0.2) is 0 Å². The molecule has 1 aliphatic rings. The molecular weight excluding hydrogens is 374 g/mol. The quantitative estimate of drug-likeness (QED) is 0.366. The Balaban J connectivity index is 3.30. The number of hydrogen-bond donors (Lipinski definition) is 0. The largest absolute Gasteiger partial charge is 0.467 e. The third kappa shape index (κ3) is 5.19. The maximum Gasteiger partial charge on any atom is 0.395 e. The normalized spacial score (nSPS) is 28.8. The average Bonchev–Trinajstić information content (AvgIpc) is 2.64. The molecule has 10 nitrogen and oxygen atoms in total. The predicted octanol–water partition coefficient (Wildman–Crippen LogP) is 1.01. The summed E-state index contributed by atoms with van der Waals surface area (Å²) in [5.74, 6) is -3.90. The smallest absolute Gasteiger partial charge is 0.395 e. The van der Waals surface area contributed by atoms with Crippen LogP contribution < -0.4 is 0 Å². The fourth-order valence-electron chi connectivity index (χ4n) is 2.64. The van der Waals surface area contributed by atoms with Crippen LogP contribution in [-0.4, -0.2) is 61.1 Å². The lowest BCUT2D eigenvalue weighted by Gasteiger charge is -2.42. The Hall–Kier alpha value is -2.67. The molecule has 1 aliphatic heterocycles. The van der Waals surface area contributed by atoms with Gasteiger partial charge in [0.05, 0.1) is 7.11 Å². The summed E-state index contributed by atoms with van der Waals surface area (Å²) in [6.07, 6.45) is -5.13. The van der Waals surface area contributed by atoms with Gasteiger partial charge in [0.25, 0.3) is 0 Å². The molecule has 1 fully saturated rings. The standard InChI is InChI=1S/C18H25NO9/c1-8-18(5,19-6)17(23)28-16-14(26-11(4)21)12(25-10(3)20)9(2)13(27-16)15(22)24-7/h9,12-14,16H,8H2,1-5,7H3. The monoisotopic (exact) mass is 399 g/mol. The fourth-order valence-corrected chi connectivity index (χ4v) is 2.64. The highest BCUT2D eigenvalue weighted by atomic mass is 16.7. The van der Waals surface area contributed by atoms with Gasteiger partial charge in [-0.05, 0) is 0 Å². The van der Waals surface area contributed by atoms with Crippen LogP contribution in [0.4, 0.5) is 0 Å². The first kappa shape index (κ1) is 23.4. The summed E-state index contributed by atoms with van der Waals surface area (Å²) < 4.78 is 25.9. The molecule has 6 atom stereocenters. The summed E-state index contributed by atoms with van der Waals surface area (Å²) in [5.41, 5.74) is -1.50. The van der Waals surface area contributed by atoms with Crippen molar-refractivity contribution in [2.75, 3.05) is 7.11 Å². The third-order valence-corrected chi connectivity index (χ3v) is 4.50. The molecule has 0 aromatic rings. The van der Waals surface area contributed by atoms with Crippen LogP contribution in [0.5, 0.6) is 0 Å². The van der Waals surface area contributed by atoms with Crippen molar-refractivity contribution in [1.82, 2.24) is 0 Å². The van der Waals surface area contributed by atoms with Gasteiger partial charge in [0, 0.05) is 33.1 Å². The fraction of sp³-hybridized carbons (Fsp3) is 0.722. The number of hydrogen-bond acceptors (Lipinski definition) is 9. The molecule has 1 saturated heterocycles. The molecule has 0 saturated carbocycles. The van der Waals surface area contributed by atoms with E-state index in [4.69, 9.17) is 30.3 Å². The first-order valence-corrected chi connectivity index (χ1v) is 8.68. The van der Waals surface area contributed by atoms with Gasteiger partial charge in [-0.25, -0.2) is 16.2 Å². The molecule has 1 rings (SSSR count). The van der Waals surface area contributed by atoms with Crippen LogP contribution in [0, 0.1) is 12.5 Å². The molecular formula is C18H25NO9. The van der Waals surface area contributed by atoms with Crippen LogP contribution in [0.1, 0.15) is 41.0 Å². The van der Waals surface area contributed by atoms with E-state index < -0.39 is 59.9 Å². The Labute approximate surface area is 163 Å². The Morgan fingerprint density at radius 2 is 1.61 bits per heavy atom. The van der Waals surface area contributed by atoms with Crippen LogP contribution in [0.2, 0.25) is 0 Å². The highest BCUT2D eigenvalue weighted by Crippen LogP contribution is 2.33. The van der Waals surface area contributed by atoms with Crippen LogP contribution >= 0.6 is 0 Å². The van der Waals surface area contributed by atoms with E-state index in [9.17, 15) is 19.2 Å². The van der Waals surface area contributed by atoms with Gasteiger partial charge in [-0.2, -0.15) is 0 Å². The van der Waals surface area contributed by atoms with Crippen molar-refractivity contribution in [3.05, 3.63) is 11.4 Å². The molecule has 1 heterocycles. The van der Waals surface area contributed by atoms with Gasteiger partial charge in [-0.3, -0.25) is 14.4 Å². The number of esters is 4. The minimum absolute atomic E-state index is 0.157. The van der Waals surface area contributed by atoms with Crippen LogP contribution in [0.3, 0.4) is 0 Å². The molecule has 0 N–H and O–H groups in total. The number of rotatable bonds is 6. The molecule has 6 unspecified atom stereocenters. The molecule has 0 amide bonds. The second-order valence-electron chi connectivity index (χ2n) is 6.60. The second kappa shape index (κ2) is 9.50. The molecule has 10 heteroatoms. The molecule has 28 heavy (non-hydrogen) atoms. The minimum Gasteiger partial charge on any atom is -0.467 e. The lowest BCUT2D eigenvalue weighted by Crippen LogP contribution is -2.60. The summed E-state index contributed by atoms with van der Waals surface area (Å²) in [6.45, 7) is 14.0. The predicted molar refractivity (Wildman–Crippen MR) is 92.3 cm³/mol. The van der Waals surface area contributed by atoms with Crippen molar-refractivity contribution in [1.29, 1.82) is 0 Å². The maximum absolute atomic E-state index is 12.5. The van der Waals surface area contributed by atoms with Crippen molar-refractivity contribution < 1.29 is 42.9 Å². The van der Waals surface area contributed by atoms with Crippen molar-refractivity contribution in [3.8, 4) is 0 Å². The zero-order valence-corrected chi connectivity index (χ0v) is 16.7. The van der Waals surface area contributed by atoms with E-state index in [-0.39, 0.29) is 6.42 Å². The number of ether oxygens (including phenoxy) is 5. The summed E-state index contributed by atoms with van der Waals surface area (Å²) in [7, 11) is 1.14. The van der Waals surface area contributed by atoms with Crippen LogP contribution in [0.25, 0.3) is 4.85 Å². The van der Waals surface area contributed by atoms with Gasteiger partial charge in [-0.1, -0.05) is 13.8 Å². The second-order valence-corrected chi connectivity index (χ2v) is 6.60. The van der Waals surface area contributed by atoms with E-state index in [1.165, 1.54) is 6.92 Å². The van der Waals surface area contributed by atoms with Crippen molar-refractivity contribution >= 4 is 23.9 Å². The Morgan fingerprint density at radius 3 is 2.04 bits per heavy atom. The topological polar surface area (TPSA) is 119 Å². The van der Waals surface area contributed by atoms with E-state index in [0.717, 1.165) is 21.0 Å². The number of carbonyl (C=O) groups excluding carboxylic acids is 4. The number of carbonyl (C=O) groups is 4. The first-order chi connectivity index (χ1) is 13.0. The summed E-state index contributed by atoms with van der Waals surface area (Å²) in [4.78, 5) is 51.0.